The van der Waals surface area contributed by atoms with Gasteiger partial charge in [0.15, 0.2) is 0 Å². The van der Waals surface area contributed by atoms with Crippen molar-refractivity contribution < 1.29 is 21.2 Å². The Labute approximate surface area is 133 Å². The van der Waals surface area contributed by atoms with Crippen molar-refractivity contribution >= 4 is 25.7 Å². The number of primary sulfonamides is 1. The number of halogens is 1. The highest BCUT2D eigenvalue weighted by Gasteiger charge is 2.31. The summed E-state index contributed by atoms with van der Waals surface area (Å²) >= 11 is 0. The lowest BCUT2D eigenvalue weighted by Crippen LogP contribution is -2.29. The van der Waals surface area contributed by atoms with Crippen LogP contribution < -0.4 is 9.44 Å². The molecule has 1 aliphatic heterocycles. The van der Waals surface area contributed by atoms with Gasteiger partial charge in [-0.05, 0) is 48.4 Å². The minimum atomic E-state index is -3.91. The van der Waals surface area contributed by atoms with E-state index in [4.69, 9.17) is 5.14 Å². The van der Waals surface area contributed by atoms with Gasteiger partial charge >= 0.3 is 0 Å². The molecule has 0 fully saturated rings. The smallest absolute Gasteiger partial charge is 0.264 e. The maximum absolute atomic E-state index is 13.3. The van der Waals surface area contributed by atoms with Crippen LogP contribution >= 0.6 is 0 Å². The third kappa shape index (κ3) is 2.82. The van der Waals surface area contributed by atoms with Crippen molar-refractivity contribution in [1.29, 1.82) is 0 Å². The fraction of sp³-hybridized carbons (Fsp3) is 0.143. The van der Waals surface area contributed by atoms with E-state index in [1.807, 2.05) is 0 Å². The Balaban J connectivity index is 2.06. The molecule has 2 aromatic rings. The van der Waals surface area contributed by atoms with Crippen molar-refractivity contribution in [2.24, 2.45) is 5.14 Å². The zero-order valence-corrected chi connectivity index (χ0v) is 13.4. The Kier molecular flexibility index (Phi) is 3.66. The third-order valence-electron chi connectivity index (χ3n) is 3.62. The van der Waals surface area contributed by atoms with Crippen molar-refractivity contribution in [2.45, 2.75) is 16.2 Å². The number of nitrogens with zero attached hydrogens (tertiary/aromatic N) is 1. The first-order valence-corrected chi connectivity index (χ1v) is 9.62. The number of fused-ring (bicyclic) bond motifs is 1. The molecule has 0 atom stereocenters. The lowest BCUT2D eigenvalue weighted by molar-refractivity contribution is 0.587. The van der Waals surface area contributed by atoms with Crippen LogP contribution in [0, 0.1) is 5.82 Å². The first-order chi connectivity index (χ1) is 10.7. The number of nitrogens with two attached hydrogens (primary N) is 1. The molecule has 1 aliphatic rings. The number of rotatable bonds is 3. The van der Waals surface area contributed by atoms with E-state index in [9.17, 15) is 21.2 Å². The molecule has 0 saturated heterocycles. The molecule has 0 aromatic heterocycles. The summed E-state index contributed by atoms with van der Waals surface area (Å²) in [5.74, 6) is -0.643. The third-order valence-corrected chi connectivity index (χ3v) is 6.34. The molecule has 2 N–H and O–H groups in total. The van der Waals surface area contributed by atoms with Gasteiger partial charge in [-0.3, -0.25) is 4.31 Å². The second-order valence-corrected chi connectivity index (χ2v) is 8.54. The van der Waals surface area contributed by atoms with Crippen molar-refractivity contribution in [3.05, 3.63) is 53.8 Å². The van der Waals surface area contributed by atoms with Crippen LogP contribution in [0.4, 0.5) is 10.1 Å². The van der Waals surface area contributed by atoms with E-state index in [1.165, 1.54) is 30.3 Å². The molecule has 0 amide bonds. The van der Waals surface area contributed by atoms with Gasteiger partial charge in [0.25, 0.3) is 10.0 Å². The molecule has 6 nitrogen and oxygen atoms in total. The van der Waals surface area contributed by atoms with Gasteiger partial charge in [-0.25, -0.2) is 26.4 Å². The van der Waals surface area contributed by atoms with E-state index in [2.05, 4.69) is 0 Å². The predicted molar refractivity (Wildman–Crippen MR) is 82.5 cm³/mol. The molecule has 0 unspecified atom stereocenters. The van der Waals surface area contributed by atoms with Gasteiger partial charge in [-0.1, -0.05) is 6.07 Å². The first-order valence-electron chi connectivity index (χ1n) is 6.63. The van der Waals surface area contributed by atoms with Gasteiger partial charge in [-0.15, -0.1) is 0 Å². The van der Waals surface area contributed by atoms with Gasteiger partial charge in [0.2, 0.25) is 10.0 Å². The second-order valence-electron chi connectivity index (χ2n) is 5.12. The summed E-state index contributed by atoms with van der Waals surface area (Å²) in [7, 11) is -7.76. The van der Waals surface area contributed by atoms with Crippen LogP contribution in [-0.4, -0.2) is 23.4 Å². The van der Waals surface area contributed by atoms with E-state index < -0.39 is 25.9 Å². The maximum atomic E-state index is 13.3. The fourth-order valence-corrected chi connectivity index (χ4v) is 4.63. The molecule has 1 heterocycles. The minimum Gasteiger partial charge on any atom is -0.266 e. The van der Waals surface area contributed by atoms with Crippen LogP contribution in [0.25, 0.3) is 0 Å². The van der Waals surface area contributed by atoms with Crippen LogP contribution in [0.1, 0.15) is 5.56 Å². The Morgan fingerprint density at radius 2 is 1.74 bits per heavy atom. The lowest BCUT2D eigenvalue weighted by atomic mass is 10.2. The van der Waals surface area contributed by atoms with Crippen LogP contribution in [0.3, 0.4) is 0 Å². The van der Waals surface area contributed by atoms with Crippen molar-refractivity contribution in [1.82, 2.24) is 0 Å². The lowest BCUT2D eigenvalue weighted by Gasteiger charge is -2.19. The van der Waals surface area contributed by atoms with Gasteiger partial charge in [-0.2, -0.15) is 0 Å². The molecule has 0 saturated carbocycles. The Hall–Kier alpha value is -1.97. The average Bonchev–Trinajstić information content (AvgIpc) is 2.90. The summed E-state index contributed by atoms with van der Waals surface area (Å²) in [6.07, 6.45) is 0.354. The second kappa shape index (κ2) is 5.29. The SMILES string of the molecule is NS(=O)(=O)c1ccc2c(c1)CCN2S(=O)(=O)c1cccc(F)c1. The average molecular weight is 356 g/mol. The van der Waals surface area contributed by atoms with E-state index in [-0.39, 0.29) is 16.3 Å². The number of hydrogen-bond donors (Lipinski definition) is 1. The zero-order chi connectivity index (χ0) is 16.8. The summed E-state index contributed by atoms with van der Waals surface area (Å²) in [5.41, 5.74) is 0.943. The quantitative estimate of drug-likeness (QED) is 0.894. The Morgan fingerprint density at radius 1 is 1.00 bits per heavy atom. The molecule has 2 aromatic carbocycles. The minimum absolute atomic E-state index is 0.0683. The number of anilines is 1. The molecule has 0 spiro atoms. The molecule has 3 rings (SSSR count). The molecule has 0 aliphatic carbocycles. The van der Waals surface area contributed by atoms with Gasteiger partial charge in [0.05, 0.1) is 15.5 Å². The molecular formula is C14H13FN2O4S2. The summed E-state index contributed by atoms with van der Waals surface area (Å²) < 4.78 is 62.5. The highest BCUT2D eigenvalue weighted by Crippen LogP contribution is 2.34. The molecule has 0 bridgehead atoms. The van der Waals surface area contributed by atoms with Gasteiger partial charge < -0.3 is 0 Å². The largest absolute Gasteiger partial charge is 0.266 e. The topological polar surface area (TPSA) is 97.5 Å². The van der Waals surface area contributed by atoms with Gasteiger partial charge in [0.1, 0.15) is 5.82 Å². The number of sulfonamides is 2. The monoisotopic (exact) mass is 356 g/mol. The number of hydrogen-bond acceptors (Lipinski definition) is 4. The van der Waals surface area contributed by atoms with E-state index in [0.29, 0.717) is 17.7 Å². The Bertz CT molecular complexity index is 988. The molecule has 9 heteroatoms. The normalized spacial score (nSPS) is 14.8. The summed E-state index contributed by atoms with van der Waals surface area (Å²) in [4.78, 5) is -0.220. The fourth-order valence-electron chi connectivity index (χ4n) is 2.53. The number of benzene rings is 2. The van der Waals surface area contributed by atoms with Crippen molar-refractivity contribution in [2.75, 3.05) is 10.8 Å². The highest BCUT2D eigenvalue weighted by molar-refractivity contribution is 7.92. The molecule has 0 radical (unpaired) electrons. The molecule has 23 heavy (non-hydrogen) atoms. The standard InChI is InChI=1S/C14H13FN2O4S2/c15-11-2-1-3-13(9-11)23(20,21)17-7-6-10-8-12(22(16,18)19)4-5-14(10)17/h1-5,8-9H,6-7H2,(H2,16,18,19). The predicted octanol–water partition coefficient (Wildman–Crippen LogP) is 1.22. The van der Waals surface area contributed by atoms with E-state index in [1.54, 1.807) is 0 Å². The first kappa shape index (κ1) is 15.9. The maximum Gasteiger partial charge on any atom is 0.264 e. The molecular weight excluding hydrogens is 343 g/mol. The Morgan fingerprint density at radius 3 is 2.39 bits per heavy atom. The van der Waals surface area contributed by atoms with Crippen molar-refractivity contribution in [3.63, 3.8) is 0 Å². The van der Waals surface area contributed by atoms with Crippen LogP contribution in [-0.2, 0) is 26.5 Å². The zero-order valence-electron chi connectivity index (χ0n) is 11.8. The summed E-state index contributed by atoms with van der Waals surface area (Å²) in [6.45, 7) is 0.155. The van der Waals surface area contributed by atoms with Gasteiger partial charge in [0, 0.05) is 6.54 Å². The summed E-state index contributed by atoms with van der Waals surface area (Å²) in [6, 6.07) is 8.78. The van der Waals surface area contributed by atoms with E-state index >= 15 is 0 Å². The molecule has 122 valence electrons. The van der Waals surface area contributed by atoms with Crippen molar-refractivity contribution in [3.8, 4) is 0 Å². The van der Waals surface area contributed by atoms with E-state index in [0.717, 1.165) is 16.4 Å². The van der Waals surface area contributed by atoms with Crippen LogP contribution in [0.5, 0.6) is 0 Å². The highest BCUT2D eigenvalue weighted by atomic mass is 32.2. The van der Waals surface area contributed by atoms with Crippen LogP contribution in [0.2, 0.25) is 0 Å². The summed E-state index contributed by atoms with van der Waals surface area (Å²) in [5, 5.41) is 5.08. The van der Waals surface area contributed by atoms with Crippen LogP contribution in [0.15, 0.2) is 52.3 Å².